The van der Waals surface area contributed by atoms with Gasteiger partial charge in [0, 0.05) is 56.3 Å². The minimum Gasteiger partial charge on any atom is -0.444 e. The van der Waals surface area contributed by atoms with Crippen LogP contribution in [0.4, 0.5) is 25.1 Å². The van der Waals surface area contributed by atoms with Crippen LogP contribution in [0.1, 0.15) is 45.6 Å². The van der Waals surface area contributed by atoms with Crippen molar-refractivity contribution in [2.24, 2.45) is 5.92 Å². The van der Waals surface area contributed by atoms with Crippen LogP contribution in [0.2, 0.25) is 5.15 Å². The lowest BCUT2D eigenvalue weighted by molar-refractivity contribution is -0.132. The number of pyridine rings is 1. The average Bonchev–Trinajstić information content (AvgIpc) is 3.29. The normalized spacial score (nSPS) is 23.4. The summed E-state index contributed by atoms with van der Waals surface area (Å²) in [4.78, 5) is 32.2. The van der Waals surface area contributed by atoms with Crippen LogP contribution in [0.15, 0.2) is 41.3 Å². The van der Waals surface area contributed by atoms with Gasteiger partial charge in [-0.25, -0.2) is 27.0 Å². The lowest BCUT2D eigenvalue weighted by Crippen LogP contribution is -2.49. The van der Waals surface area contributed by atoms with Gasteiger partial charge in [-0.2, -0.15) is 4.31 Å². The summed E-state index contributed by atoms with van der Waals surface area (Å²) in [5.41, 5.74) is -0.444. The molecule has 3 fully saturated rings. The summed E-state index contributed by atoms with van der Waals surface area (Å²) in [6, 6.07) is 7.94. The second-order valence-corrected chi connectivity index (χ2v) is 14.7. The summed E-state index contributed by atoms with van der Waals surface area (Å²) in [5, 5.41) is 12.1. The highest BCUT2D eigenvalue weighted by molar-refractivity contribution is 7.89. The molecule has 11 nitrogen and oxygen atoms in total. The van der Waals surface area contributed by atoms with E-state index in [2.05, 4.69) is 10.3 Å². The van der Waals surface area contributed by atoms with Gasteiger partial charge in [0.15, 0.2) is 0 Å². The van der Waals surface area contributed by atoms with Gasteiger partial charge in [0.2, 0.25) is 15.9 Å². The number of aliphatic hydroxyl groups is 1. The second kappa shape index (κ2) is 12.0. The highest BCUT2D eigenvalue weighted by Crippen LogP contribution is 2.47. The van der Waals surface area contributed by atoms with Gasteiger partial charge < -0.3 is 25.0 Å². The molecule has 44 heavy (non-hydrogen) atoms. The summed E-state index contributed by atoms with van der Waals surface area (Å²) < 4.78 is 63.4. The van der Waals surface area contributed by atoms with E-state index in [0.29, 0.717) is 5.69 Å². The Bertz CT molecular complexity index is 1510. The third-order valence-electron chi connectivity index (χ3n) is 7.99. The van der Waals surface area contributed by atoms with Crippen molar-refractivity contribution in [1.82, 2.24) is 14.6 Å². The fourth-order valence-corrected chi connectivity index (χ4v) is 7.22. The number of anilines is 2. The molecule has 1 atom stereocenters. The molecule has 3 aliphatic rings. The van der Waals surface area contributed by atoms with Crippen molar-refractivity contribution in [2.75, 3.05) is 42.5 Å². The average molecular weight is 656 g/mol. The van der Waals surface area contributed by atoms with Crippen molar-refractivity contribution in [1.29, 1.82) is 0 Å². The first-order valence-electron chi connectivity index (χ1n) is 14.4. The summed E-state index contributed by atoms with van der Waals surface area (Å²) >= 11 is 6.10. The summed E-state index contributed by atoms with van der Waals surface area (Å²) in [5.74, 6) is -4.12. The zero-order valence-corrected chi connectivity index (χ0v) is 26.2. The monoisotopic (exact) mass is 655 g/mol. The predicted molar refractivity (Wildman–Crippen MR) is 159 cm³/mol. The number of aromatic nitrogens is 1. The van der Waals surface area contributed by atoms with Gasteiger partial charge in [0.25, 0.3) is 5.92 Å². The topological polar surface area (TPSA) is 132 Å². The molecular weight excluding hydrogens is 620 g/mol. The maximum absolute atomic E-state index is 15.0. The molecule has 1 saturated carbocycles. The first-order chi connectivity index (χ1) is 20.5. The number of nitrogens with one attached hydrogen (secondary N) is 1. The van der Waals surface area contributed by atoms with Crippen molar-refractivity contribution >= 4 is 45.1 Å². The number of alkyl halides is 2. The number of rotatable bonds is 7. The van der Waals surface area contributed by atoms with Crippen molar-refractivity contribution in [3.05, 3.63) is 47.1 Å². The van der Waals surface area contributed by atoms with Crippen molar-refractivity contribution < 1.29 is 36.6 Å². The number of carbonyl (C=O) groups excluding carboxylic acids is 2. The number of hydrogen-bond donors (Lipinski definition) is 2. The third kappa shape index (κ3) is 6.93. The Hall–Kier alpha value is -3.07. The lowest BCUT2D eigenvalue weighted by atomic mass is 9.76. The van der Waals surface area contributed by atoms with Gasteiger partial charge in [0.05, 0.1) is 17.0 Å². The van der Waals surface area contributed by atoms with E-state index in [0.717, 1.165) is 6.07 Å². The minimum atomic E-state index is -3.88. The van der Waals surface area contributed by atoms with E-state index in [1.807, 2.05) is 0 Å². The van der Waals surface area contributed by atoms with Crippen LogP contribution in [-0.4, -0.2) is 85.3 Å². The van der Waals surface area contributed by atoms with Crippen LogP contribution in [0.5, 0.6) is 0 Å². The lowest BCUT2D eigenvalue weighted by Gasteiger charge is -2.38. The van der Waals surface area contributed by atoms with E-state index in [9.17, 15) is 23.1 Å². The molecule has 0 bridgehead atoms. The largest absolute Gasteiger partial charge is 0.444 e. The molecule has 1 aromatic heterocycles. The molecule has 15 heteroatoms. The van der Waals surface area contributed by atoms with Gasteiger partial charge >= 0.3 is 6.09 Å². The number of piperazine rings is 1. The number of aliphatic hydroxyl groups excluding tert-OH is 1. The molecule has 2 amide bonds. The molecule has 1 aliphatic carbocycles. The van der Waals surface area contributed by atoms with Crippen LogP contribution in [-0.2, 0) is 25.5 Å². The SMILES string of the molecule is CC(C)(C)OC(=O)N[C@@H]1CC(=O)N(c2ccc(S(=O)(=O)N3CCN(c4cc(C(F)(F)C5CC(O)C5)cc(Cl)n4)CC3)cc2)C1. The van der Waals surface area contributed by atoms with E-state index in [-0.39, 0.29) is 79.3 Å². The first kappa shape index (κ1) is 32.3. The maximum Gasteiger partial charge on any atom is 0.407 e. The number of benzene rings is 1. The summed E-state index contributed by atoms with van der Waals surface area (Å²) in [6.45, 7) is 6.08. The summed E-state index contributed by atoms with van der Waals surface area (Å²) in [7, 11) is -3.88. The molecular formula is C29H36ClF2N5O6S. The number of alkyl carbamates (subject to hydrolysis) is 1. The molecule has 240 valence electrons. The molecule has 0 unspecified atom stereocenters. The van der Waals surface area contributed by atoms with Crippen LogP contribution < -0.4 is 15.1 Å². The van der Waals surface area contributed by atoms with E-state index in [1.54, 1.807) is 37.8 Å². The van der Waals surface area contributed by atoms with Gasteiger partial charge in [0.1, 0.15) is 16.6 Å². The van der Waals surface area contributed by atoms with Gasteiger partial charge in [-0.3, -0.25) is 4.79 Å². The second-order valence-electron chi connectivity index (χ2n) is 12.4. The number of nitrogens with zero attached hydrogens (tertiary/aromatic N) is 4. The zero-order chi connectivity index (χ0) is 32.0. The van der Waals surface area contributed by atoms with Gasteiger partial charge in [-0.1, -0.05) is 11.6 Å². The Morgan fingerprint density at radius 1 is 1.09 bits per heavy atom. The third-order valence-corrected chi connectivity index (χ3v) is 10.1. The van der Waals surface area contributed by atoms with Gasteiger partial charge in [-0.15, -0.1) is 0 Å². The van der Waals surface area contributed by atoms with Crippen LogP contribution in [0.3, 0.4) is 0 Å². The molecule has 2 aromatic rings. The number of carbonyl (C=O) groups is 2. The van der Waals surface area contributed by atoms with Crippen molar-refractivity contribution in [3.8, 4) is 0 Å². The number of amides is 2. The number of ether oxygens (including phenoxy) is 1. The van der Waals surface area contributed by atoms with Gasteiger partial charge in [-0.05, 0) is 70.0 Å². The van der Waals surface area contributed by atoms with E-state index in [4.69, 9.17) is 16.3 Å². The van der Waals surface area contributed by atoms with Crippen molar-refractivity contribution in [3.63, 3.8) is 0 Å². The highest BCUT2D eigenvalue weighted by Gasteiger charge is 2.48. The fourth-order valence-electron chi connectivity index (χ4n) is 5.59. The van der Waals surface area contributed by atoms with Crippen molar-refractivity contribution in [2.45, 2.75) is 68.6 Å². The standard InChI is InChI=1S/C29H36ClF2N5O6S/c1-28(2,3)43-27(40)33-20-16-26(39)37(17-20)21-4-6-23(7-5-21)44(41,42)36-10-8-35(9-11-36)25-15-19(14-24(30)34-25)29(31,32)18-12-22(38)13-18/h4-7,14-15,18,20,22,38H,8-13,16-17H2,1-3H3,(H,33,40)/t18?,20-,22?/m1/s1. The number of halogens is 3. The molecule has 5 rings (SSSR count). The Kier molecular flexibility index (Phi) is 8.84. The van der Waals surface area contributed by atoms with Crippen LogP contribution in [0.25, 0.3) is 0 Å². The molecule has 2 N–H and O–H groups in total. The minimum absolute atomic E-state index is 0.0138. The Morgan fingerprint density at radius 3 is 2.32 bits per heavy atom. The van der Waals surface area contributed by atoms with E-state index >= 15 is 8.78 Å². The Morgan fingerprint density at radius 2 is 1.73 bits per heavy atom. The molecule has 0 radical (unpaired) electrons. The molecule has 3 heterocycles. The zero-order valence-electron chi connectivity index (χ0n) is 24.7. The quantitative estimate of drug-likeness (QED) is 0.432. The predicted octanol–water partition coefficient (Wildman–Crippen LogP) is 3.74. The molecule has 0 spiro atoms. The van der Waals surface area contributed by atoms with Crippen LogP contribution in [0, 0.1) is 5.92 Å². The molecule has 1 aromatic carbocycles. The highest BCUT2D eigenvalue weighted by atomic mass is 35.5. The first-order valence-corrected chi connectivity index (χ1v) is 16.2. The fraction of sp³-hybridized carbons (Fsp3) is 0.552. The van der Waals surface area contributed by atoms with Crippen LogP contribution >= 0.6 is 11.6 Å². The number of hydrogen-bond acceptors (Lipinski definition) is 8. The molecule has 2 aliphatic heterocycles. The van der Waals surface area contributed by atoms with E-state index < -0.39 is 45.7 Å². The molecule has 2 saturated heterocycles. The summed E-state index contributed by atoms with van der Waals surface area (Å²) in [6.07, 6.45) is -1.22. The Labute approximate surface area is 260 Å². The van der Waals surface area contributed by atoms with E-state index in [1.165, 1.54) is 27.4 Å². The maximum atomic E-state index is 15.0. The number of sulfonamides is 1. The smallest absolute Gasteiger partial charge is 0.407 e. The Balaban J connectivity index is 1.20.